The van der Waals surface area contributed by atoms with Gasteiger partial charge in [0.25, 0.3) is 0 Å². The first-order chi connectivity index (χ1) is 16.2. The zero-order valence-corrected chi connectivity index (χ0v) is 19.0. The number of aromatic nitrogens is 1. The molecule has 1 aliphatic rings. The van der Waals surface area contributed by atoms with Crippen molar-refractivity contribution in [3.05, 3.63) is 66.0 Å². The van der Waals surface area contributed by atoms with Gasteiger partial charge in [0.05, 0.1) is 12.6 Å². The number of ether oxygens (including phenoxy) is 1. The molecule has 1 aromatic heterocycles. The SMILES string of the molecule is C[C@H](NC(=O)O)C(=O)N[C@@H](Cc1ccccn1)C(=O)N[C@@H](Cc1ccccc1)C(=O)[C@@]1(C)CO1. The van der Waals surface area contributed by atoms with Crippen LogP contribution < -0.4 is 16.0 Å². The molecule has 2 aromatic rings. The lowest BCUT2D eigenvalue weighted by Gasteiger charge is -2.25. The van der Waals surface area contributed by atoms with E-state index in [1.165, 1.54) is 6.92 Å². The number of pyridine rings is 1. The summed E-state index contributed by atoms with van der Waals surface area (Å²) < 4.78 is 5.30. The van der Waals surface area contributed by atoms with Crippen LogP contribution in [0, 0.1) is 0 Å². The minimum atomic E-state index is -1.36. The van der Waals surface area contributed by atoms with E-state index in [0.29, 0.717) is 5.69 Å². The van der Waals surface area contributed by atoms with Crippen LogP contribution in [-0.2, 0) is 32.0 Å². The Balaban J connectivity index is 1.79. The van der Waals surface area contributed by atoms with E-state index in [9.17, 15) is 19.2 Å². The molecule has 1 aliphatic heterocycles. The highest BCUT2D eigenvalue weighted by Crippen LogP contribution is 2.29. The largest absolute Gasteiger partial charge is 0.465 e. The Bertz CT molecular complexity index is 1030. The van der Waals surface area contributed by atoms with Crippen LogP contribution in [0.5, 0.6) is 0 Å². The summed E-state index contributed by atoms with van der Waals surface area (Å²) in [6.45, 7) is 3.32. The van der Waals surface area contributed by atoms with Gasteiger partial charge < -0.3 is 25.8 Å². The first-order valence-electron chi connectivity index (χ1n) is 10.9. The van der Waals surface area contributed by atoms with Crippen molar-refractivity contribution in [3.63, 3.8) is 0 Å². The number of carbonyl (C=O) groups excluding carboxylic acids is 3. The van der Waals surface area contributed by atoms with Crippen LogP contribution in [0.4, 0.5) is 4.79 Å². The van der Waals surface area contributed by atoms with Crippen LogP contribution in [0.1, 0.15) is 25.1 Å². The van der Waals surface area contributed by atoms with E-state index in [1.807, 2.05) is 30.3 Å². The van der Waals surface area contributed by atoms with Crippen molar-refractivity contribution in [2.45, 2.75) is 50.4 Å². The van der Waals surface area contributed by atoms with Gasteiger partial charge in [-0.05, 0) is 38.0 Å². The monoisotopic (exact) mass is 468 g/mol. The maximum absolute atomic E-state index is 13.3. The second kappa shape index (κ2) is 10.9. The van der Waals surface area contributed by atoms with Crippen LogP contribution in [-0.4, -0.2) is 64.1 Å². The number of hydrogen-bond donors (Lipinski definition) is 4. The number of epoxide rings is 1. The van der Waals surface area contributed by atoms with Gasteiger partial charge in [0, 0.05) is 18.3 Å². The molecule has 3 rings (SSSR count). The summed E-state index contributed by atoms with van der Waals surface area (Å²) >= 11 is 0. The molecule has 4 N–H and O–H groups in total. The number of amides is 3. The predicted octanol–water partition coefficient (Wildman–Crippen LogP) is 0.851. The number of carbonyl (C=O) groups is 4. The number of hydrogen-bond acceptors (Lipinski definition) is 6. The Morgan fingerprint density at radius 3 is 2.21 bits per heavy atom. The molecule has 1 saturated heterocycles. The first kappa shape index (κ1) is 24.8. The van der Waals surface area contributed by atoms with E-state index in [4.69, 9.17) is 9.84 Å². The third-order valence-corrected chi connectivity index (χ3v) is 5.52. The van der Waals surface area contributed by atoms with E-state index in [1.54, 1.807) is 31.3 Å². The summed E-state index contributed by atoms with van der Waals surface area (Å²) in [5, 5.41) is 16.3. The van der Waals surface area contributed by atoms with Crippen LogP contribution in [0.25, 0.3) is 0 Å². The summed E-state index contributed by atoms with van der Waals surface area (Å²) in [6.07, 6.45) is 0.511. The van der Waals surface area contributed by atoms with Gasteiger partial charge in [0.1, 0.15) is 17.7 Å². The van der Waals surface area contributed by atoms with E-state index in [2.05, 4.69) is 20.9 Å². The smallest absolute Gasteiger partial charge is 0.405 e. The predicted molar refractivity (Wildman–Crippen MR) is 122 cm³/mol. The number of nitrogens with one attached hydrogen (secondary N) is 3. The van der Waals surface area contributed by atoms with Crippen molar-refractivity contribution in [1.29, 1.82) is 0 Å². The van der Waals surface area contributed by atoms with Crippen molar-refractivity contribution < 1.29 is 29.0 Å². The molecule has 2 heterocycles. The average molecular weight is 469 g/mol. The van der Waals surface area contributed by atoms with Gasteiger partial charge in [0.2, 0.25) is 11.8 Å². The van der Waals surface area contributed by atoms with Crippen LogP contribution in [0.15, 0.2) is 54.7 Å². The van der Waals surface area contributed by atoms with E-state index >= 15 is 0 Å². The third-order valence-electron chi connectivity index (χ3n) is 5.52. The normalized spacial score (nSPS) is 19.2. The maximum atomic E-state index is 13.3. The van der Waals surface area contributed by atoms with E-state index in [-0.39, 0.29) is 25.2 Å². The second-order valence-electron chi connectivity index (χ2n) is 8.39. The van der Waals surface area contributed by atoms with Gasteiger partial charge in [-0.2, -0.15) is 0 Å². The Morgan fingerprint density at radius 2 is 1.62 bits per heavy atom. The number of carboxylic acid groups (broad SMARTS) is 1. The Hall–Kier alpha value is -3.79. The number of benzene rings is 1. The highest BCUT2D eigenvalue weighted by molar-refractivity contribution is 5.98. The Kier molecular flexibility index (Phi) is 7.95. The van der Waals surface area contributed by atoms with E-state index < -0.39 is 41.6 Å². The van der Waals surface area contributed by atoms with Crippen LogP contribution >= 0.6 is 0 Å². The number of Topliss-reactive ketones (excluding diaryl/α,β-unsaturated/α-hetero) is 1. The Labute approximate surface area is 197 Å². The van der Waals surface area contributed by atoms with Crippen molar-refractivity contribution in [2.24, 2.45) is 0 Å². The zero-order chi connectivity index (χ0) is 24.7. The lowest BCUT2D eigenvalue weighted by molar-refractivity contribution is -0.133. The summed E-state index contributed by atoms with van der Waals surface area (Å²) in [5.74, 6) is -1.52. The van der Waals surface area contributed by atoms with Gasteiger partial charge in [0.15, 0.2) is 5.78 Å². The van der Waals surface area contributed by atoms with E-state index in [0.717, 1.165) is 5.56 Å². The topological polar surface area (TPSA) is 150 Å². The maximum Gasteiger partial charge on any atom is 0.405 e. The highest BCUT2D eigenvalue weighted by Gasteiger charge is 2.50. The van der Waals surface area contributed by atoms with Gasteiger partial charge in [-0.25, -0.2) is 4.79 Å². The minimum Gasteiger partial charge on any atom is -0.465 e. The van der Waals surface area contributed by atoms with Crippen molar-refractivity contribution in [3.8, 4) is 0 Å². The number of nitrogens with zero attached hydrogens (tertiary/aromatic N) is 1. The quantitative estimate of drug-likeness (QED) is 0.357. The van der Waals surface area contributed by atoms with Crippen LogP contribution in [0.3, 0.4) is 0 Å². The average Bonchev–Trinajstić information content (AvgIpc) is 3.57. The summed E-state index contributed by atoms with van der Waals surface area (Å²) in [7, 11) is 0. The number of ketones is 1. The van der Waals surface area contributed by atoms with Crippen molar-refractivity contribution >= 4 is 23.7 Å². The fraction of sp³-hybridized carbons (Fsp3) is 0.375. The molecule has 0 aliphatic carbocycles. The lowest BCUT2D eigenvalue weighted by atomic mass is 9.94. The highest BCUT2D eigenvalue weighted by atomic mass is 16.6. The Morgan fingerprint density at radius 1 is 0.971 bits per heavy atom. The molecule has 0 saturated carbocycles. The fourth-order valence-electron chi connectivity index (χ4n) is 3.44. The molecule has 0 unspecified atom stereocenters. The zero-order valence-electron chi connectivity index (χ0n) is 19.0. The molecule has 0 spiro atoms. The number of rotatable bonds is 11. The summed E-state index contributed by atoms with van der Waals surface area (Å²) in [4.78, 5) is 54.0. The molecule has 180 valence electrons. The van der Waals surface area contributed by atoms with Crippen LogP contribution in [0.2, 0.25) is 0 Å². The van der Waals surface area contributed by atoms with Gasteiger partial charge in [-0.1, -0.05) is 36.4 Å². The fourth-order valence-corrected chi connectivity index (χ4v) is 3.44. The second-order valence-corrected chi connectivity index (χ2v) is 8.39. The first-order valence-corrected chi connectivity index (χ1v) is 10.9. The summed E-state index contributed by atoms with van der Waals surface area (Å²) in [5.41, 5.74) is 0.451. The molecule has 0 radical (unpaired) electrons. The molecule has 0 bridgehead atoms. The molecule has 10 nitrogen and oxygen atoms in total. The van der Waals surface area contributed by atoms with Gasteiger partial charge >= 0.3 is 6.09 Å². The molecule has 1 aromatic carbocycles. The third kappa shape index (κ3) is 6.85. The molecular formula is C24H28N4O6. The molecule has 10 heteroatoms. The molecule has 4 atom stereocenters. The van der Waals surface area contributed by atoms with Crippen molar-refractivity contribution in [1.82, 2.24) is 20.9 Å². The standard InChI is InChI=1S/C24H28N4O6/c1-15(26-23(32)33)21(30)28-19(13-17-10-6-7-11-25-17)22(31)27-18(20(29)24(2)14-34-24)12-16-8-4-3-5-9-16/h3-11,15,18-19,26H,12-14H2,1-2H3,(H,27,31)(H,28,30)(H,32,33)/t15-,18-,19-,24+/m0/s1. The summed E-state index contributed by atoms with van der Waals surface area (Å²) in [6, 6.07) is 11.4. The van der Waals surface area contributed by atoms with Gasteiger partial charge in [-0.15, -0.1) is 0 Å². The lowest BCUT2D eigenvalue weighted by Crippen LogP contribution is -2.57. The minimum absolute atomic E-state index is 0.0538. The van der Waals surface area contributed by atoms with Gasteiger partial charge in [-0.3, -0.25) is 19.4 Å². The molecule has 1 fully saturated rings. The molecular weight excluding hydrogens is 440 g/mol. The molecule has 3 amide bonds. The molecule has 34 heavy (non-hydrogen) atoms. The van der Waals surface area contributed by atoms with Crippen molar-refractivity contribution in [2.75, 3.05) is 6.61 Å².